The summed E-state index contributed by atoms with van der Waals surface area (Å²) < 4.78 is 17.0. The van der Waals surface area contributed by atoms with Gasteiger partial charge in [0, 0.05) is 29.1 Å². The lowest BCUT2D eigenvalue weighted by atomic mass is 10.0. The molecule has 140 valence electrons. The van der Waals surface area contributed by atoms with Crippen molar-refractivity contribution >= 4 is 33.3 Å². The second-order valence-corrected chi connectivity index (χ2v) is 6.86. The second kappa shape index (κ2) is 6.93. The molecule has 5 heteroatoms. The van der Waals surface area contributed by atoms with Gasteiger partial charge in [-0.1, -0.05) is 30.3 Å². The average Bonchev–Trinajstić information content (AvgIpc) is 2.97. The van der Waals surface area contributed by atoms with Crippen molar-refractivity contribution in [2.24, 2.45) is 0 Å². The van der Waals surface area contributed by atoms with Crippen LogP contribution in [0.2, 0.25) is 0 Å². The topological polar surface area (TPSA) is 60.7 Å². The lowest BCUT2D eigenvalue weighted by Gasteiger charge is -2.10. The maximum atomic E-state index is 12.7. The van der Waals surface area contributed by atoms with Crippen LogP contribution in [0.15, 0.2) is 65.3 Å². The van der Waals surface area contributed by atoms with E-state index in [9.17, 15) is 4.79 Å². The summed E-state index contributed by atoms with van der Waals surface area (Å²) in [5, 5.41) is 6.16. The normalized spacial score (nSPS) is 13.4. The number of amides is 1. The maximum Gasteiger partial charge on any atom is 0.228 e. The molecule has 1 aliphatic rings. The van der Waals surface area contributed by atoms with Gasteiger partial charge in [-0.15, -0.1) is 0 Å². The quantitative estimate of drug-likeness (QED) is 0.553. The number of benzene rings is 3. The van der Waals surface area contributed by atoms with Gasteiger partial charge in [0.25, 0.3) is 0 Å². The molecule has 1 amide bonds. The molecule has 0 bridgehead atoms. The zero-order chi connectivity index (χ0) is 18.9. The van der Waals surface area contributed by atoms with Crippen molar-refractivity contribution in [3.05, 3.63) is 66.4 Å². The molecule has 1 aromatic heterocycles. The minimum atomic E-state index is -0.106. The first-order valence-corrected chi connectivity index (χ1v) is 9.35. The molecule has 0 unspecified atom stereocenters. The molecule has 0 aliphatic carbocycles. The number of anilines is 1. The largest absolute Gasteiger partial charge is 0.490 e. The Morgan fingerprint density at radius 1 is 0.964 bits per heavy atom. The number of carbonyl (C=O) groups is 1. The molecule has 5 rings (SSSR count). The Kier molecular flexibility index (Phi) is 4.13. The van der Waals surface area contributed by atoms with Gasteiger partial charge in [-0.2, -0.15) is 0 Å². The predicted molar refractivity (Wildman–Crippen MR) is 108 cm³/mol. The fraction of sp³-hybridized carbons (Fsp3) is 0.174. The molecular formula is C23H19NO4. The number of hydrogen-bond donors (Lipinski definition) is 1. The van der Waals surface area contributed by atoms with Crippen molar-refractivity contribution < 1.29 is 18.7 Å². The molecule has 0 saturated carbocycles. The monoisotopic (exact) mass is 373 g/mol. The Hall–Kier alpha value is -3.47. The summed E-state index contributed by atoms with van der Waals surface area (Å²) in [5.74, 6) is 1.27. The molecule has 0 saturated heterocycles. The summed E-state index contributed by atoms with van der Waals surface area (Å²) in [7, 11) is 0. The van der Waals surface area contributed by atoms with Crippen LogP contribution in [0.1, 0.15) is 12.0 Å². The lowest BCUT2D eigenvalue weighted by Crippen LogP contribution is -2.14. The Morgan fingerprint density at radius 3 is 2.75 bits per heavy atom. The number of rotatable bonds is 3. The van der Waals surface area contributed by atoms with Crippen molar-refractivity contribution in [2.45, 2.75) is 12.8 Å². The first kappa shape index (κ1) is 16.7. The Bertz CT molecular complexity index is 1180. The highest BCUT2D eigenvalue weighted by Crippen LogP contribution is 2.33. The minimum absolute atomic E-state index is 0.106. The summed E-state index contributed by atoms with van der Waals surface area (Å²) in [6.07, 6.45) is 2.75. The molecule has 4 aromatic rings. The molecule has 0 spiro atoms. The average molecular weight is 373 g/mol. The highest BCUT2D eigenvalue weighted by molar-refractivity contribution is 6.09. The fourth-order valence-electron chi connectivity index (χ4n) is 3.62. The summed E-state index contributed by atoms with van der Waals surface area (Å²) in [6, 6.07) is 17.6. The molecule has 0 radical (unpaired) electrons. The molecule has 3 aromatic carbocycles. The summed E-state index contributed by atoms with van der Waals surface area (Å²) in [6.45, 7) is 1.25. The number of ether oxygens (including phenoxy) is 2. The molecule has 2 heterocycles. The minimum Gasteiger partial charge on any atom is -0.490 e. The van der Waals surface area contributed by atoms with E-state index in [1.165, 1.54) is 0 Å². The van der Waals surface area contributed by atoms with E-state index in [0.717, 1.165) is 33.7 Å². The fourth-order valence-corrected chi connectivity index (χ4v) is 3.62. The molecule has 28 heavy (non-hydrogen) atoms. The highest BCUT2D eigenvalue weighted by atomic mass is 16.5. The third kappa shape index (κ3) is 3.05. The van der Waals surface area contributed by atoms with Gasteiger partial charge in [-0.25, -0.2) is 0 Å². The Balaban J connectivity index is 1.40. The summed E-state index contributed by atoms with van der Waals surface area (Å²) in [4.78, 5) is 12.7. The molecule has 1 aliphatic heterocycles. The van der Waals surface area contributed by atoms with Gasteiger partial charge in [-0.05, 0) is 29.0 Å². The number of carbonyl (C=O) groups excluding carboxylic acids is 1. The number of hydrogen-bond acceptors (Lipinski definition) is 4. The third-order valence-electron chi connectivity index (χ3n) is 4.92. The Morgan fingerprint density at radius 2 is 1.82 bits per heavy atom. The molecule has 0 fully saturated rings. The van der Waals surface area contributed by atoms with Crippen molar-refractivity contribution in [3.63, 3.8) is 0 Å². The first-order valence-electron chi connectivity index (χ1n) is 9.35. The van der Waals surface area contributed by atoms with E-state index in [1.807, 2.05) is 36.4 Å². The zero-order valence-electron chi connectivity index (χ0n) is 15.2. The van der Waals surface area contributed by atoms with Crippen LogP contribution in [0.5, 0.6) is 11.5 Å². The van der Waals surface area contributed by atoms with Crippen LogP contribution in [0.25, 0.3) is 21.7 Å². The number of nitrogens with one attached hydrogen (secondary N) is 1. The van der Waals surface area contributed by atoms with Gasteiger partial charge >= 0.3 is 0 Å². The first-order chi connectivity index (χ1) is 13.8. The second-order valence-electron chi connectivity index (χ2n) is 6.86. The smallest absolute Gasteiger partial charge is 0.228 e. The number of furan rings is 1. The SMILES string of the molecule is O=C(Cc1coc2ccc3ccccc3c12)Nc1ccc2c(c1)OCCCO2. The van der Waals surface area contributed by atoms with Gasteiger partial charge in [0.1, 0.15) is 5.58 Å². The van der Waals surface area contributed by atoms with E-state index in [-0.39, 0.29) is 12.3 Å². The van der Waals surface area contributed by atoms with Gasteiger partial charge in [-0.3, -0.25) is 4.79 Å². The number of fused-ring (bicyclic) bond motifs is 4. The molecular weight excluding hydrogens is 354 g/mol. The van der Waals surface area contributed by atoms with E-state index in [2.05, 4.69) is 17.4 Å². The summed E-state index contributed by atoms with van der Waals surface area (Å²) in [5.41, 5.74) is 2.35. The standard InChI is InChI=1S/C23H19NO4/c25-22(24-17-7-9-19-21(13-17)27-11-3-10-26-19)12-16-14-28-20-8-6-15-4-1-2-5-18(15)23(16)20/h1-2,4-9,13-14H,3,10-12H2,(H,24,25). The van der Waals surface area contributed by atoms with Crippen molar-refractivity contribution in [2.75, 3.05) is 18.5 Å². The van der Waals surface area contributed by atoms with Crippen LogP contribution in [0, 0.1) is 0 Å². The van der Waals surface area contributed by atoms with Crippen molar-refractivity contribution in [1.29, 1.82) is 0 Å². The van der Waals surface area contributed by atoms with Gasteiger partial charge in [0.2, 0.25) is 5.91 Å². The van der Waals surface area contributed by atoms with Crippen molar-refractivity contribution in [3.8, 4) is 11.5 Å². The van der Waals surface area contributed by atoms with E-state index in [4.69, 9.17) is 13.9 Å². The van der Waals surface area contributed by atoms with Gasteiger partial charge in [0.05, 0.1) is 25.9 Å². The zero-order valence-corrected chi connectivity index (χ0v) is 15.2. The van der Waals surface area contributed by atoms with Gasteiger partial charge in [0.15, 0.2) is 11.5 Å². The van der Waals surface area contributed by atoms with Crippen LogP contribution in [-0.4, -0.2) is 19.1 Å². The maximum absolute atomic E-state index is 12.7. The van der Waals surface area contributed by atoms with E-state index in [1.54, 1.807) is 12.3 Å². The lowest BCUT2D eigenvalue weighted by molar-refractivity contribution is -0.115. The van der Waals surface area contributed by atoms with Crippen LogP contribution in [-0.2, 0) is 11.2 Å². The van der Waals surface area contributed by atoms with Crippen LogP contribution < -0.4 is 14.8 Å². The third-order valence-corrected chi connectivity index (χ3v) is 4.92. The van der Waals surface area contributed by atoms with E-state index < -0.39 is 0 Å². The summed E-state index contributed by atoms with van der Waals surface area (Å²) >= 11 is 0. The molecule has 0 atom stereocenters. The Labute approximate surface area is 161 Å². The highest BCUT2D eigenvalue weighted by Gasteiger charge is 2.15. The predicted octanol–water partition coefficient (Wildman–Crippen LogP) is 4.93. The van der Waals surface area contributed by atoms with Crippen LogP contribution >= 0.6 is 0 Å². The van der Waals surface area contributed by atoms with E-state index >= 15 is 0 Å². The van der Waals surface area contributed by atoms with Crippen LogP contribution in [0.4, 0.5) is 5.69 Å². The molecule has 5 nitrogen and oxygen atoms in total. The molecule has 1 N–H and O–H groups in total. The van der Waals surface area contributed by atoms with Gasteiger partial charge < -0.3 is 19.2 Å². The van der Waals surface area contributed by atoms with E-state index in [0.29, 0.717) is 30.4 Å². The van der Waals surface area contributed by atoms with Crippen molar-refractivity contribution in [1.82, 2.24) is 0 Å². The van der Waals surface area contributed by atoms with Crippen LogP contribution in [0.3, 0.4) is 0 Å².